The van der Waals surface area contributed by atoms with Crippen molar-refractivity contribution in [2.75, 3.05) is 50.0 Å². The number of benzene rings is 3. The van der Waals surface area contributed by atoms with Crippen LogP contribution in [-0.4, -0.2) is 59.6 Å². The molecule has 0 aliphatic carbocycles. The maximum atomic E-state index is 13.2. The fraction of sp³-hybridized carbons (Fsp3) is 0.269. The van der Waals surface area contributed by atoms with E-state index in [1.54, 1.807) is 62.4 Å². The van der Waals surface area contributed by atoms with Gasteiger partial charge >= 0.3 is 0 Å². The monoisotopic (exact) mass is 495 g/mol. The van der Waals surface area contributed by atoms with Gasteiger partial charge in [0.25, 0.3) is 15.9 Å². The molecule has 0 aromatic heterocycles. The van der Waals surface area contributed by atoms with E-state index >= 15 is 0 Å². The number of sulfonamides is 1. The van der Waals surface area contributed by atoms with Crippen LogP contribution in [0, 0.1) is 6.92 Å². The van der Waals surface area contributed by atoms with Crippen molar-refractivity contribution in [3.8, 4) is 11.5 Å². The number of nitrogens with one attached hydrogen (secondary N) is 1. The number of piperazine rings is 1. The van der Waals surface area contributed by atoms with Crippen molar-refractivity contribution in [2.45, 2.75) is 11.8 Å². The lowest BCUT2D eigenvalue weighted by Gasteiger charge is -2.36. The summed E-state index contributed by atoms with van der Waals surface area (Å²) in [5, 5.41) is 0. The standard InChI is InChI=1S/C26H29N3O5S/c1-19-8-9-20(18-25(19)35(31,32)27-21-10-12-22(33-2)13-11-21)26(30)29-16-14-28(15-17-29)23-6-4-5-7-24(23)34-3/h4-13,18,27H,14-17H2,1-3H3. The zero-order valence-electron chi connectivity index (χ0n) is 20.0. The van der Waals surface area contributed by atoms with E-state index in [0.29, 0.717) is 48.7 Å². The Morgan fingerprint density at radius 3 is 2.23 bits per heavy atom. The third-order valence-electron chi connectivity index (χ3n) is 6.06. The molecule has 4 rings (SSSR count). The summed E-state index contributed by atoms with van der Waals surface area (Å²) in [5.41, 5.74) is 2.31. The molecule has 1 saturated heterocycles. The Balaban J connectivity index is 1.48. The van der Waals surface area contributed by atoms with Gasteiger partial charge in [-0.2, -0.15) is 0 Å². The highest BCUT2D eigenvalue weighted by molar-refractivity contribution is 7.92. The van der Waals surface area contributed by atoms with E-state index < -0.39 is 10.0 Å². The Morgan fingerprint density at radius 2 is 1.57 bits per heavy atom. The van der Waals surface area contributed by atoms with E-state index in [4.69, 9.17) is 9.47 Å². The van der Waals surface area contributed by atoms with Gasteiger partial charge in [0, 0.05) is 37.4 Å². The normalized spacial score (nSPS) is 13.9. The minimum Gasteiger partial charge on any atom is -0.497 e. The van der Waals surface area contributed by atoms with Crippen LogP contribution in [0.2, 0.25) is 0 Å². The predicted molar refractivity (Wildman–Crippen MR) is 136 cm³/mol. The molecule has 0 radical (unpaired) electrons. The van der Waals surface area contributed by atoms with E-state index in [9.17, 15) is 13.2 Å². The highest BCUT2D eigenvalue weighted by Crippen LogP contribution is 2.29. The van der Waals surface area contributed by atoms with E-state index in [0.717, 1.165) is 11.4 Å². The second-order valence-corrected chi connectivity index (χ2v) is 9.92. The molecule has 1 heterocycles. The SMILES string of the molecule is COc1ccc(NS(=O)(=O)c2cc(C(=O)N3CCN(c4ccccc4OC)CC3)ccc2C)cc1. The first-order valence-electron chi connectivity index (χ1n) is 11.3. The number of methoxy groups -OCH3 is 2. The minimum absolute atomic E-state index is 0.0758. The lowest BCUT2D eigenvalue weighted by molar-refractivity contribution is 0.0746. The Bertz CT molecular complexity index is 1300. The first-order valence-corrected chi connectivity index (χ1v) is 12.8. The average molecular weight is 496 g/mol. The molecule has 9 heteroatoms. The molecule has 0 saturated carbocycles. The van der Waals surface area contributed by atoms with Crippen LogP contribution in [-0.2, 0) is 10.0 Å². The van der Waals surface area contributed by atoms with Crippen molar-refractivity contribution in [1.82, 2.24) is 4.90 Å². The van der Waals surface area contributed by atoms with E-state index in [1.807, 2.05) is 24.3 Å². The Kier molecular flexibility index (Phi) is 7.16. The van der Waals surface area contributed by atoms with Gasteiger partial charge in [-0.15, -0.1) is 0 Å². The fourth-order valence-corrected chi connectivity index (χ4v) is 5.45. The third-order valence-corrected chi connectivity index (χ3v) is 7.58. The van der Waals surface area contributed by atoms with Gasteiger partial charge in [-0.25, -0.2) is 8.42 Å². The molecule has 3 aromatic carbocycles. The van der Waals surface area contributed by atoms with Crippen LogP contribution in [0.5, 0.6) is 11.5 Å². The molecule has 1 N–H and O–H groups in total. The van der Waals surface area contributed by atoms with E-state index in [2.05, 4.69) is 9.62 Å². The van der Waals surface area contributed by atoms with Gasteiger partial charge < -0.3 is 19.3 Å². The number of ether oxygens (including phenoxy) is 2. The molecule has 35 heavy (non-hydrogen) atoms. The maximum absolute atomic E-state index is 13.2. The van der Waals surface area contributed by atoms with Crippen molar-refractivity contribution in [3.63, 3.8) is 0 Å². The molecule has 184 valence electrons. The van der Waals surface area contributed by atoms with Crippen LogP contribution in [0.1, 0.15) is 15.9 Å². The Morgan fingerprint density at radius 1 is 0.886 bits per heavy atom. The van der Waals surface area contributed by atoms with Gasteiger partial charge in [0.15, 0.2) is 0 Å². The zero-order chi connectivity index (χ0) is 25.0. The number of amides is 1. The third kappa shape index (κ3) is 5.35. The van der Waals surface area contributed by atoms with Crippen molar-refractivity contribution < 1.29 is 22.7 Å². The van der Waals surface area contributed by atoms with Crippen molar-refractivity contribution >= 4 is 27.3 Å². The van der Waals surface area contributed by atoms with Crippen LogP contribution < -0.4 is 19.1 Å². The lowest BCUT2D eigenvalue weighted by Crippen LogP contribution is -2.48. The van der Waals surface area contributed by atoms with E-state index in [1.165, 1.54) is 6.07 Å². The molecule has 1 aliphatic heterocycles. The summed E-state index contributed by atoms with van der Waals surface area (Å²) in [6.07, 6.45) is 0. The molecule has 0 bridgehead atoms. The number of anilines is 2. The lowest BCUT2D eigenvalue weighted by atomic mass is 10.1. The molecule has 0 atom stereocenters. The van der Waals surface area contributed by atoms with Crippen LogP contribution in [0.4, 0.5) is 11.4 Å². The summed E-state index contributed by atoms with van der Waals surface area (Å²) < 4.78 is 39.4. The molecule has 0 unspecified atom stereocenters. The number of hydrogen-bond acceptors (Lipinski definition) is 6. The summed E-state index contributed by atoms with van der Waals surface area (Å²) >= 11 is 0. The largest absolute Gasteiger partial charge is 0.497 e. The summed E-state index contributed by atoms with van der Waals surface area (Å²) in [4.78, 5) is 17.3. The summed E-state index contributed by atoms with van der Waals surface area (Å²) in [6, 6.07) is 19.2. The smallest absolute Gasteiger partial charge is 0.262 e. The number of hydrogen-bond donors (Lipinski definition) is 1. The van der Waals surface area contributed by atoms with Gasteiger partial charge in [-0.05, 0) is 61.0 Å². The Labute approximate surface area is 206 Å². The number of carbonyl (C=O) groups is 1. The van der Waals surface area contributed by atoms with Gasteiger partial charge in [0.1, 0.15) is 11.5 Å². The zero-order valence-corrected chi connectivity index (χ0v) is 20.8. The second-order valence-electron chi connectivity index (χ2n) is 8.27. The molecule has 1 amide bonds. The first kappa shape index (κ1) is 24.4. The van der Waals surface area contributed by atoms with Crippen molar-refractivity contribution in [2.24, 2.45) is 0 Å². The summed E-state index contributed by atoms with van der Waals surface area (Å²) in [6.45, 7) is 4.07. The molecule has 0 spiro atoms. The average Bonchev–Trinajstić information content (AvgIpc) is 2.88. The minimum atomic E-state index is -3.89. The highest BCUT2D eigenvalue weighted by atomic mass is 32.2. The number of carbonyl (C=O) groups excluding carboxylic acids is 1. The second kappa shape index (κ2) is 10.3. The summed E-state index contributed by atoms with van der Waals surface area (Å²) in [7, 11) is -0.697. The topological polar surface area (TPSA) is 88.2 Å². The maximum Gasteiger partial charge on any atom is 0.262 e. The summed E-state index contributed by atoms with van der Waals surface area (Å²) in [5.74, 6) is 1.23. The molecule has 1 aliphatic rings. The van der Waals surface area contributed by atoms with Crippen LogP contribution >= 0.6 is 0 Å². The fourth-order valence-electron chi connectivity index (χ4n) is 4.12. The van der Waals surface area contributed by atoms with Gasteiger partial charge in [0.2, 0.25) is 0 Å². The molecule has 3 aromatic rings. The van der Waals surface area contributed by atoms with Gasteiger partial charge in [0.05, 0.1) is 24.8 Å². The number of para-hydroxylation sites is 2. The van der Waals surface area contributed by atoms with Crippen LogP contribution in [0.25, 0.3) is 0 Å². The van der Waals surface area contributed by atoms with E-state index in [-0.39, 0.29) is 10.8 Å². The van der Waals surface area contributed by atoms with Crippen molar-refractivity contribution in [3.05, 3.63) is 77.9 Å². The number of rotatable bonds is 7. The van der Waals surface area contributed by atoms with Crippen molar-refractivity contribution in [1.29, 1.82) is 0 Å². The molecular weight excluding hydrogens is 466 g/mol. The molecular formula is C26H29N3O5S. The van der Waals surface area contributed by atoms with Gasteiger partial charge in [-0.3, -0.25) is 9.52 Å². The quantitative estimate of drug-likeness (QED) is 0.537. The molecule has 8 nitrogen and oxygen atoms in total. The van der Waals surface area contributed by atoms with Gasteiger partial charge in [-0.1, -0.05) is 18.2 Å². The number of nitrogens with zero attached hydrogens (tertiary/aromatic N) is 2. The number of aryl methyl sites for hydroxylation is 1. The van der Waals surface area contributed by atoms with Crippen LogP contribution in [0.15, 0.2) is 71.6 Å². The predicted octanol–water partition coefficient (Wildman–Crippen LogP) is 3.78. The van der Waals surface area contributed by atoms with Crippen LogP contribution in [0.3, 0.4) is 0 Å². The Hall–Kier alpha value is -3.72. The highest BCUT2D eigenvalue weighted by Gasteiger charge is 2.26. The molecule has 1 fully saturated rings. The first-order chi connectivity index (χ1) is 16.8.